The third-order valence-electron chi connectivity index (χ3n) is 9.71. The normalized spacial score (nSPS) is 25.9. The number of non-ortho nitro benzene ring substituents is 2. The lowest BCUT2D eigenvalue weighted by Crippen LogP contribution is -3.00. The fourth-order valence-corrected chi connectivity index (χ4v) is 6.58. The number of rotatable bonds is 12. The summed E-state index contributed by atoms with van der Waals surface area (Å²) in [5.41, 5.74) is 2.72. The van der Waals surface area contributed by atoms with Gasteiger partial charge in [0, 0.05) is 37.1 Å². The number of quaternary nitrogens is 2. The quantitative estimate of drug-likeness (QED) is 0.180. The van der Waals surface area contributed by atoms with Crippen molar-refractivity contribution in [2.45, 2.75) is 57.8 Å². The van der Waals surface area contributed by atoms with Gasteiger partial charge in [-0.25, -0.2) is 0 Å². The lowest BCUT2D eigenvalue weighted by atomic mass is 9.85. The second-order valence-corrected chi connectivity index (χ2v) is 12.7. The van der Waals surface area contributed by atoms with E-state index in [2.05, 4.69) is 14.1 Å². The van der Waals surface area contributed by atoms with Crippen molar-refractivity contribution in [1.29, 1.82) is 0 Å². The Morgan fingerprint density at radius 1 is 0.634 bits per heavy atom. The third kappa shape index (κ3) is 10.7. The fourth-order valence-electron chi connectivity index (χ4n) is 6.58. The molecular weight excluding hydrogens is 652 g/mol. The molecule has 10 heteroatoms. The Bertz CT molecular complexity index is 1010. The van der Waals surface area contributed by atoms with E-state index in [-0.39, 0.29) is 55.2 Å². The van der Waals surface area contributed by atoms with Gasteiger partial charge in [-0.2, -0.15) is 0 Å². The highest BCUT2D eigenvalue weighted by molar-refractivity contribution is 5.33. The first-order valence-electron chi connectivity index (χ1n) is 14.8. The van der Waals surface area contributed by atoms with Crippen molar-refractivity contribution in [3.8, 4) is 0 Å². The van der Waals surface area contributed by atoms with E-state index < -0.39 is 0 Å². The van der Waals surface area contributed by atoms with E-state index in [0.717, 1.165) is 46.7 Å². The van der Waals surface area contributed by atoms with Crippen LogP contribution in [0.3, 0.4) is 0 Å². The molecule has 0 unspecified atom stereocenters. The Hall–Kier alpha value is -1.88. The second-order valence-electron chi connectivity index (χ2n) is 12.7. The number of nitrogens with zero attached hydrogens (tertiary/aromatic N) is 4. The molecule has 2 saturated heterocycles. The lowest BCUT2D eigenvalue weighted by Gasteiger charge is -2.41. The van der Waals surface area contributed by atoms with Gasteiger partial charge >= 0.3 is 0 Å². The number of nitro benzene ring substituents is 2. The van der Waals surface area contributed by atoms with Gasteiger partial charge in [-0.1, -0.05) is 43.5 Å². The predicted molar refractivity (Wildman–Crippen MR) is 154 cm³/mol. The summed E-state index contributed by atoms with van der Waals surface area (Å²) in [5.74, 6) is 1.73. The molecule has 0 aromatic heterocycles. The van der Waals surface area contributed by atoms with Crippen LogP contribution in [0.2, 0.25) is 0 Å². The van der Waals surface area contributed by atoms with E-state index in [1.165, 1.54) is 82.3 Å². The summed E-state index contributed by atoms with van der Waals surface area (Å²) in [7, 11) is 4.75. The summed E-state index contributed by atoms with van der Waals surface area (Å²) in [4.78, 5) is 21.1. The van der Waals surface area contributed by atoms with Gasteiger partial charge in [0.25, 0.3) is 11.4 Å². The van der Waals surface area contributed by atoms with Crippen LogP contribution in [0.1, 0.15) is 56.1 Å². The number of halogens is 2. The van der Waals surface area contributed by atoms with Gasteiger partial charge in [0.2, 0.25) is 0 Å². The zero-order valence-corrected chi connectivity index (χ0v) is 27.7. The molecular formula is C31H46Br2N4O4. The predicted octanol–water partition coefficient (Wildman–Crippen LogP) is 0.180. The van der Waals surface area contributed by atoms with E-state index in [1.807, 2.05) is 24.3 Å². The molecule has 41 heavy (non-hydrogen) atoms. The molecule has 0 bridgehead atoms. The molecule has 4 rings (SSSR count). The molecule has 0 radical (unpaired) electrons. The van der Waals surface area contributed by atoms with Crippen molar-refractivity contribution >= 4 is 11.4 Å². The standard InChI is InChI=1S/C31H46N4O4.2BrH/c1-34(24-18-28-6-10-30(11-7-28)32(36)37)20-14-26(15-21-34)4-3-5-27-16-22-35(2,23-17-27)25-19-29-8-12-31(13-9-29)33(38)39;;/h6-13,26-27H,3-5,14-25H2,1-2H3;2*1H/q+2;;/p-2. The highest BCUT2D eigenvalue weighted by Gasteiger charge is 2.31. The molecule has 2 aromatic carbocycles. The highest BCUT2D eigenvalue weighted by Crippen LogP contribution is 2.31. The SMILES string of the molecule is C[N+]1(CCc2ccc([N+](=O)[O-])cc2)CCC(CCCC2CC[N+](C)(CCc3ccc([N+](=O)[O-])cc3)CC2)CC1.[Br-].[Br-]. The molecule has 0 aliphatic carbocycles. The maximum atomic E-state index is 10.9. The van der Waals surface area contributed by atoms with E-state index >= 15 is 0 Å². The summed E-state index contributed by atoms with van der Waals surface area (Å²) in [6.45, 7) is 7.18. The van der Waals surface area contributed by atoms with Gasteiger partial charge < -0.3 is 42.9 Å². The molecule has 0 saturated carbocycles. The van der Waals surface area contributed by atoms with Crippen LogP contribution < -0.4 is 34.0 Å². The molecule has 2 aliphatic rings. The van der Waals surface area contributed by atoms with Crippen LogP contribution in [-0.2, 0) is 12.8 Å². The Balaban J connectivity index is 0.00000294. The molecule has 0 spiro atoms. The minimum absolute atomic E-state index is 0. The number of likely N-dealkylation sites (tertiary alicyclic amines) is 2. The third-order valence-corrected chi connectivity index (χ3v) is 9.71. The van der Waals surface area contributed by atoms with Gasteiger partial charge in [0.1, 0.15) is 0 Å². The number of piperidine rings is 2. The van der Waals surface area contributed by atoms with Crippen LogP contribution in [0, 0.1) is 32.1 Å². The molecule has 0 atom stereocenters. The van der Waals surface area contributed by atoms with Gasteiger partial charge in [0.15, 0.2) is 0 Å². The second kappa shape index (κ2) is 16.1. The zero-order valence-electron chi connectivity index (χ0n) is 24.6. The van der Waals surface area contributed by atoms with E-state index in [0.29, 0.717) is 0 Å². The van der Waals surface area contributed by atoms with Crippen molar-refractivity contribution in [2.24, 2.45) is 11.8 Å². The van der Waals surface area contributed by atoms with E-state index in [1.54, 1.807) is 24.3 Å². The smallest absolute Gasteiger partial charge is 0.269 e. The topological polar surface area (TPSA) is 86.3 Å². The fraction of sp³-hybridized carbons (Fsp3) is 0.613. The number of nitro groups is 2. The van der Waals surface area contributed by atoms with E-state index in [4.69, 9.17) is 0 Å². The Morgan fingerprint density at radius 2 is 0.951 bits per heavy atom. The zero-order chi connectivity index (χ0) is 27.9. The van der Waals surface area contributed by atoms with Gasteiger partial charge in [-0.05, 0) is 48.6 Å². The number of benzene rings is 2. The van der Waals surface area contributed by atoms with Crippen molar-refractivity contribution < 1.29 is 52.8 Å². The highest BCUT2D eigenvalue weighted by atomic mass is 79.9. The molecule has 2 heterocycles. The monoisotopic (exact) mass is 696 g/mol. The van der Waals surface area contributed by atoms with Crippen molar-refractivity contribution in [3.63, 3.8) is 0 Å². The minimum atomic E-state index is -0.334. The Morgan fingerprint density at radius 3 is 1.24 bits per heavy atom. The summed E-state index contributed by atoms with van der Waals surface area (Å²) >= 11 is 0. The maximum Gasteiger partial charge on any atom is 0.269 e. The van der Waals surface area contributed by atoms with Crippen LogP contribution in [0.15, 0.2) is 48.5 Å². The molecule has 228 valence electrons. The van der Waals surface area contributed by atoms with E-state index in [9.17, 15) is 20.2 Å². The van der Waals surface area contributed by atoms with Gasteiger partial charge in [-0.15, -0.1) is 0 Å². The number of hydrogen-bond donors (Lipinski definition) is 0. The average molecular weight is 699 g/mol. The lowest BCUT2D eigenvalue weighted by molar-refractivity contribution is -0.915. The minimum Gasteiger partial charge on any atom is -1.00 e. The van der Waals surface area contributed by atoms with Crippen LogP contribution in [0.5, 0.6) is 0 Å². The van der Waals surface area contributed by atoms with Crippen molar-refractivity contribution in [1.82, 2.24) is 0 Å². The molecule has 2 aliphatic heterocycles. The average Bonchev–Trinajstić information content (AvgIpc) is 2.94. The molecule has 0 N–H and O–H groups in total. The Labute approximate surface area is 266 Å². The summed E-state index contributed by atoms with van der Waals surface area (Å²) in [6.07, 6.45) is 11.3. The molecule has 0 amide bonds. The summed E-state index contributed by atoms with van der Waals surface area (Å²) < 4.78 is 2.24. The van der Waals surface area contributed by atoms with Gasteiger partial charge in [-0.3, -0.25) is 20.2 Å². The molecule has 2 fully saturated rings. The van der Waals surface area contributed by atoms with Crippen molar-refractivity contribution in [3.05, 3.63) is 79.9 Å². The Kier molecular flexibility index (Phi) is 13.9. The largest absolute Gasteiger partial charge is 1.00 e. The summed E-state index contributed by atoms with van der Waals surface area (Å²) in [6, 6.07) is 14.1. The van der Waals surface area contributed by atoms with Gasteiger partial charge in [0.05, 0.1) is 63.2 Å². The summed E-state index contributed by atoms with van der Waals surface area (Å²) in [5, 5.41) is 21.7. The molecule has 2 aromatic rings. The van der Waals surface area contributed by atoms with Crippen LogP contribution in [-0.4, -0.2) is 72.2 Å². The number of hydrogen-bond acceptors (Lipinski definition) is 4. The van der Waals surface area contributed by atoms with Crippen molar-refractivity contribution in [2.75, 3.05) is 53.4 Å². The first kappa shape index (κ1) is 35.3. The van der Waals surface area contributed by atoms with Crippen LogP contribution >= 0.6 is 0 Å². The van der Waals surface area contributed by atoms with Crippen LogP contribution in [0.4, 0.5) is 11.4 Å². The number of likely N-dealkylation sites (N-methyl/N-ethyl adjacent to an activating group) is 2. The molecule has 8 nitrogen and oxygen atoms in total. The first-order valence-corrected chi connectivity index (χ1v) is 14.8. The van der Waals surface area contributed by atoms with Crippen LogP contribution in [0.25, 0.3) is 0 Å². The maximum absolute atomic E-state index is 10.9. The first-order chi connectivity index (χ1) is 18.6.